The Labute approximate surface area is 130 Å². The molecule has 0 bridgehead atoms. The lowest BCUT2D eigenvalue weighted by Crippen LogP contribution is -2.57. The van der Waals surface area contributed by atoms with Gasteiger partial charge in [-0.2, -0.15) is 0 Å². The van der Waals surface area contributed by atoms with Crippen LogP contribution >= 0.6 is 11.6 Å². The van der Waals surface area contributed by atoms with Gasteiger partial charge in [-0.1, -0.05) is 18.5 Å². The summed E-state index contributed by atoms with van der Waals surface area (Å²) >= 11 is 6.00. The van der Waals surface area contributed by atoms with Crippen LogP contribution in [0.5, 0.6) is 0 Å². The number of hydrogen-bond donors (Lipinski definition) is 2. The zero-order valence-electron chi connectivity index (χ0n) is 12.5. The van der Waals surface area contributed by atoms with Crippen LogP contribution in [-0.4, -0.2) is 52.7 Å². The van der Waals surface area contributed by atoms with Crippen molar-refractivity contribution in [2.75, 3.05) is 20.1 Å². The van der Waals surface area contributed by atoms with Crippen LogP contribution in [0.25, 0.3) is 0 Å². The van der Waals surface area contributed by atoms with Gasteiger partial charge in [0.15, 0.2) is 0 Å². The molecule has 2 N–H and O–H groups in total. The van der Waals surface area contributed by atoms with E-state index in [9.17, 15) is 9.90 Å². The number of carbonyl (C=O) groups is 1. The van der Waals surface area contributed by atoms with Gasteiger partial charge in [0.1, 0.15) is 5.15 Å². The third-order valence-electron chi connectivity index (χ3n) is 4.25. The minimum Gasteiger partial charge on any atom is -0.388 e. The molecule has 1 amide bonds. The van der Waals surface area contributed by atoms with E-state index in [1.165, 1.54) is 0 Å². The van der Waals surface area contributed by atoms with E-state index in [1.54, 1.807) is 30.3 Å². The molecule has 2 rings (SSSR count). The van der Waals surface area contributed by atoms with Crippen LogP contribution in [0.2, 0.25) is 5.15 Å². The molecule has 0 aromatic carbocycles. The van der Waals surface area contributed by atoms with Crippen LogP contribution in [0.15, 0.2) is 18.3 Å². The number of amides is 1. The van der Waals surface area contributed by atoms with Crippen molar-refractivity contribution >= 4 is 17.5 Å². The van der Waals surface area contributed by atoms with Gasteiger partial charge >= 0.3 is 0 Å². The summed E-state index contributed by atoms with van der Waals surface area (Å²) in [6.07, 6.45) is 3.53. The number of likely N-dealkylation sites (N-methyl/N-ethyl adjacent to an activating group) is 1. The fourth-order valence-electron chi connectivity index (χ4n) is 3.08. The predicted molar refractivity (Wildman–Crippen MR) is 82.5 cm³/mol. The standard InChI is InChI=1S/C15H22ClN3O2/c1-3-12(15(21)6-9-17-10-7-15)19(2)14(20)11-5-4-8-18-13(11)16/h4-5,8,12,17,21H,3,6-7,9-10H2,1-2H3. The molecule has 21 heavy (non-hydrogen) atoms. The molecule has 0 spiro atoms. The lowest BCUT2D eigenvalue weighted by atomic mass is 9.82. The third-order valence-corrected chi connectivity index (χ3v) is 4.55. The Morgan fingerprint density at radius 3 is 2.81 bits per heavy atom. The second-order valence-corrected chi connectivity index (χ2v) is 5.89. The molecule has 1 aliphatic heterocycles. The predicted octanol–water partition coefficient (Wildman–Crippen LogP) is 1.70. The highest BCUT2D eigenvalue weighted by Crippen LogP contribution is 2.29. The van der Waals surface area contributed by atoms with Crippen molar-refractivity contribution < 1.29 is 9.90 Å². The van der Waals surface area contributed by atoms with Crippen molar-refractivity contribution in [3.63, 3.8) is 0 Å². The van der Waals surface area contributed by atoms with Gasteiger partial charge in [0.2, 0.25) is 0 Å². The average molecular weight is 312 g/mol. The van der Waals surface area contributed by atoms with Gasteiger partial charge in [-0.25, -0.2) is 4.98 Å². The number of aromatic nitrogens is 1. The summed E-state index contributed by atoms with van der Waals surface area (Å²) in [6, 6.07) is 3.11. The summed E-state index contributed by atoms with van der Waals surface area (Å²) in [5, 5.41) is 14.3. The molecule has 1 aliphatic rings. The monoisotopic (exact) mass is 311 g/mol. The first-order valence-corrected chi connectivity index (χ1v) is 7.68. The Bertz CT molecular complexity index is 503. The second kappa shape index (κ2) is 6.73. The molecular formula is C15H22ClN3O2. The van der Waals surface area contributed by atoms with Gasteiger partial charge in [0.05, 0.1) is 17.2 Å². The minimum absolute atomic E-state index is 0.196. The lowest BCUT2D eigenvalue weighted by molar-refractivity contribution is -0.0555. The number of rotatable bonds is 4. The van der Waals surface area contributed by atoms with Gasteiger partial charge in [0, 0.05) is 13.2 Å². The molecule has 1 atom stereocenters. The molecule has 0 radical (unpaired) electrons. The van der Waals surface area contributed by atoms with Crippen molar-refractivity contribution in [3.8, 4) is 0 Å². The van der Waals surface area contributed by atoms with E-state index in [0.29, 0.717) is 24.8 Å². The number of nitrogens with zero attached hydrogens (tertiary/aromatic N) is 2. The van der Waals surface area contributed by atoms with E-state index in [4.69, 9.17) is 11.6 Å². The molecule has 1 aromatic heterocycles. The van der Waals surface area contributed by atoms with E-state index >= 15 is 0 Å². The van der Waals surface area contributed by atoms with Crippen LogP contribution in [0.4, 0.5) is 0 Å². The van der Waals surface area contributed by atoms with E-state index in [1.807, 2.05) is 6.92 Å². The Morgan fingerprint density at radius 1 is 1.57 bits per heavy atom. The van der Waals surface area contributed by atoms with Crippen LogP contribution in [0.3, 0.4) is 0 Å². The van der Waals surface area contributed by atoms with Gasteiger partial charge < -0.3 is 15.3 Å². The molecular weight excluding hydrogens is 290 g/mol. The molecule has 5 nitrogen and oxygen atoms in total. The first-order chi connectivity index (χ1) is 9.99. The summed E-state index contributed by atoms with van der Waals surface area (Å²) in [5.41, 5.74) is -0.475. The number of carbonyl (C=O) groups excluding carboxylic acids is 1. The number of halogens is 1. The van der Waals surface area contributed by atoms with E-state index < -0.39 is 5.60 Å². The van der Waals surface area contributed by atoms with Crippen molar-refractivity contribution in [1.29, 1.82) is 0 Å². The number of pyridine rings is 1. The zero-order valence-corrected chi connectivity index (χ0v) is 13.2. The smallest absolute Gasteiger partial charge is 0.257 e. The lowest BCUT2D eigenvalue weighted by Gasteiger charge is -2.43. The molecule has 116 valence electrons. The summed E-state index contributed by atoms with van der Waals surface area (Å²) in [7, 11) is 1.72. The van der Waals surface area contributed by atoms with Gasteiger partial charge in [0.25, 0.3) is 5.91 Å². The van der Waals surface area contributed by atoms with Crippen molar-refractivity contribution in [1.82, 2.24) is 15.2 Å². The summed E-state index contributed by atoms with van der Waals surface area (Å²) in [4.78, 5) is 18.2. The second-order valence-electron chi connectivity index (χ2n) is 5.54. The number of aliphatic hydroxyl groups is 1. The fraction of sp³-hybridized carbons (Fsp3) is 0.600. The Balaban J connectivity index is 2.22. The van der Waals surface area contributed by atoms with Crippen LogP contribution in [0, 0.1) is 0 Å². The highest BCUT2D eigenvalue weighted by atomic mass is 35.5. The number of piperidine rings is 1. The first kappa shape index (κ1) is 16.2. The summed E-state index contributed by atoms with van der Waals surface area (Å²) < 4.78 is 0. The topological polar surface area (TPSA) is 65.5 Å². The average Bonchev–Trinajstić information content (AvgIpc) is 2.48. The zero-order chi connectivity index (χ0) is 15.5. The molecule has 1 saturated heterocycles. The summed E-state index contributed by atoms with van der Waals surface area (Å²) in [6.45, 7) is 3.52. The van der Waals surface area contributed by atoms with E-state index in [0.717, 1.165) is 13.1 Å². The number of hydrogen-bond acceptors (Lipinski definition) is 4. The van der Waals surface area contributed by atoms with Gasteiger partial charge in [-0.15, -0.1) is 0 Å². The fourth-order valence-corrected chi connectivity index (χ4v) is 3.28. The SMILES string of the molecule is CCC(N(C)C(=O)c1cccnc1Cl)C1(O)CCNCC1. The van der Waals surface area contributed by atoms with E-state index in [-0.39, 0.29) is 17.1 Å². The Morgan fingerprint density at radius 2 is 2.24 bits per heavy atom. The maximum atomic E-state index is 12.6. The Kier molecular flexibility index (Phi) is 5.19. The maximum Gasteiger partial charge on any atom is 0.257 e. The molecule has 1 aromatic rings. The minimum atomic E-state index is -0.848. The van der Waals surface area contributed by atoms with Crippen molar-refractivity contribution in [3.05, 3.63) is 29.0 Å². The van der Waals surface area contributed by atoms with Gasteiger partial charge in [-0.05, 0) is 44.5 Å². The normalized spacial score (nSPS) is 19.0. The highest BCUT2D eigenvalue weighted by molar-refractivity contribution is 6.32. The van der Waals surface area contributed by atoms with E-state index in [2.05, 4.69) is 10.3 Å². The van der Waals surface area contributed by atoms with Crippen molar-refractivity contribution in [2.45, 2.75) is 37.8 Å². The molecule has 0 aliphatic carbocycles. The highest BCUT2D eigenvalue weighted by Gasteiger charge is 2.40. The molecule has 1 fully saturated rings. The molecule has 6 heteroatoms. The van der Waals surface area contributed by atoms with Crippen LogP contribution < -0.4 is 5.32 Å². The largest absolute Gasteiger partial charge is 0.388 e. The van der Waals surface area contributed by atoms with Crippen LogP contribution in [0.1, 0.15) is 36.5 Å². The maximum absolute atomic E-state index is 12.6. The molecule has 0 saturated carbocycles. The molecule has 1 unspecified atom stereocenters. The first-order valence-electron chi connectivity index (χ1n) is 7.30. The van der Waals surface area contributed by atoms with Crippen molar-refractivity contribution in [2.24, 2.45) is 0 Å². The summed E-state index contributed by atoms with van der Waals surface area (Å²) in [5.74, 6) is -0.202. The van der Waals surface area contributed by atoms with Crippen LogP contribution in [-0.2, 0) is 0 Å². The van der Waals surface area contributed by atoms with Gasteiger partial charge in [-0.3, -0.25) is 4.79 Å². The Hall–Kier alpha value is -1.17. The quantitative estimate of drug-likeness (QED) is 0.831. The molecule has 2 heterocycles. The third kappa shape index (κ3) is 3.36. The number of nitrogens with one attached hydrogen (secondary N) is 1.